The first-order valence-electron chi connectivity index (χ1n) is 6.43. The van der Waals surface area contributed by atoms with Crippen LogP contribution in [0.1, 0.15) is 47.1 Å². The van der Waals surface area contributed by atoms with Crippen molar-refractivity contribution in [3.05, 3.63) is 22.5 Å². The molecule has 0 fully saturated rings. The van der Waals surface area contributed by atoms with Gasteiger partial charge in [0, 0.05) is 12.1 Å². The number of hydrogen-bond acceptors (Lipinski definition) is 4. The summed E-state index contributed by atoms with van der Waals surface area (Å²) >= 11 is 0. The van der Waals surface area contributed by atoms with Gasteiger partial charge in [-0.2, -0.15) is 0 Å². The minimum Gasteiger partial charge on any atom is -0.469 e. The third-order valence-electron chi connectivity index (χ3n) is 3.11. The molecule has 1 heterocycles. The molecule has 0 bridgehead atoms. The van der Waals surface area contributed by atoms with Crippen LogP contribution in [-0.2, 0) is 20.7 Å². The molecule has 1 N–H and O–H groups in total. The fourth-order valence-corrected chi connectivity index (χ4v) is 2.08. The maximum atomic E-state index is 11.7. The van der Waals surface area contributed by atoms with Gasteiger partial charge >= 0.3 is 11.9 Å². The topological polar surface area (TPSA) is 68.4 Å². The lowest BCUT2D eigenvalue weighted by Gasteiger charge is -2.03. The molecule has 0 aliphatic rings. The Morgan fingerprint density at radius 2 is 1.95 bits per heavy atom. The molecule has 0 aromatic carbocycles. The number of aromatic amines is 1. The van der Waals surface area contributed by atoms with E-state index in [9.17, 15) is 9.59 Å². The van der Waals surface area contributed by atoms with E-state index in [1.807, 2.05) is 13.8 Å². The van der Waals surface area contributed by atoms with Crippen LogP contribution in [0, 0.1) is 13.8 Å². The second-order valence-corrected chi connectivity index (χ2v) is 4.38. The highest BCUT2D eigenvalue weighted by Gasteiger charge is 2.18. The van der Waals surface area contributed by atoms with E-state index in [0.29, 0.717) is 25.1 Å². The van der Waals surface area contributed by atoms with Crippen molar-refractivity contribution in [2.75, 3.05) is 13.7 Å². The summed E-state index contributed by atoms with van der Waals surface area (Å²) in [5.41, 5.74) is 3.44. The van der Waals surface area contributed by atoms with Gasteiger partial charge in [-0.1, -0.05) is 0 Å². The van der Waals surface area contributed by atoms with Crippen LogP contribution < -0.4 is 0 Å². The second kappa shape index (κ2) is 6.97. The summed E-state index contributed by atoms with van der Waals surface area (Å²) in [5.74, 6) is -0.543. The van der Waals surface area contributed by atoms with Gasteiger partial charge in [-0.25, -0.2) is 4.79 Å². The van der Waals surface area contributed by atoms with Crippen molar-refractivity contribution in [1.82, 2.24) is 4.98 Å². The summed E-state index contributed by atoms with van der Waals surface area (Å²) in [6.45, 7) is 5.95. The molecule has 5 heteroatoms. The number of carbonyl (C=O) groups excluding carboxylic acids is 2. The van der Waals surface area contributed by atoms with Crippen molar-refractivity contribution >= 4 is 11.9 Å². The molecule has 0 radical (unpaired) electrons. The van der Waals surface area contributed by atoms with Gasteiger partial charge in [0.1, 0.15) is 5.69 Å². The largest absolute Gasteiger partial charge is 0.469 e. The van der Waals surface area contributed by atoms with Crippen LogP contribution in [0.3, 0.4) is 0 Å². The van der Waals surface area contributed by atoms with Gasteiger partial charge in [0.25, 0.3) is 0 Å². The normalized spacial score (nSPS) is 10.3. The van der Waals surface area contributed by atoms with E-state index in [0.717, 1.165) is 23.2 Å². The first-order valence-corrected chi connectivity index (χ1v) is 6.43. The molecule has 5 nitrogen and oxygen atoms in total. The molecule has 1 aromatic rings. The van der Waals surface area contributed by atoms with Gasteiger partial charge in [-0.15, -0.1) is 0 Å². The highest BCUT2D eigenvalue weighted by Crippen LogP contribution is 2.20. The molecular formula is C14H21NO4. The van der Waals surface area contributed by atoms with Crippen molar-refractivity contribution in [2.24, 2.45) is 0 Å². The smallest absolute Gasteiger partial charge is 0.355 e. The van der Waals surface area contributed by atoms with E-state index in [4.69, 9.17) is 4.74 Å². The van der Waals surface area contributed by atoms with Crippen LogP contribution in [0.2, 0.25) is 0 Å². The Kier molecular flexibility index (Phi) is 5.60. The Labute approximate surface area is 113 Å². The Bertz CT molecular complexity index is 462. The second-order valence-electron chi connectivity index (χ2n) is 4.38. The third-order valence-corrected chi connectivity index (χ3v) is 3.11. The van der Waals surface area contributed by atoms with E-state index >= 15 is 0 Å². The summed E-state index contributed by atoms with van der Waals surface area (Å²) in [6.07, 6.45) is 1.83. The van der Waals surface area contributed by atoms with Crippen LogP contribution in [-0.4, -0.2) is 30.6 Å². The lowest BCUT2D eigenvalue weighted by atomic mass is 10.0. The quantitative estimate of drug-likeness (QED) is 0.803. The molecule has 19 heavy (non-hydrogen) atoms. The molecule has 0 atom stereocenters. The van der Waals surface area contributed by atoms with Crippen molar-refractivity contribution in [2.45, 2.75) is 40.0 Å². The summed E-state index contributed by atoms with van der Waals surface area (Å²) in [7, 11) is 1.38. The molecule has 0 unspecified atom stereocenters. The molecule has 0 saturated carbocycles. The molecule has 0 saturated heterocycles. The number of nitrogens with one attached hydrogen (secondary N) is 1. The molecule has 0 spiro atoms. The van der Waals surface area contributed by atoms with E-state index < -0.39 is 0 Å². The number of aromatic nitrogens is 1. The van der Waals surface area contributed by atoms with Crippen LogP contribution in [0.25, 0.3) is 0 Å². The van der Waals surface area contributed by atoms with Crippen molar-refractivity contribution in [3.8, 4) is 0 Å². The monoisotopic (exact) mass is 267 g/mol. The van der Waals surface area contributed by atoms with E-state index in [1.54, 1.807) is 6.92 Å². The lowest BCUT2D eigenvalue weighted by molar-refractivity contribution is -0.140. The summed E-state index contributed by atoms with van der Waals surface area (Å²) in [6, 6.07) is 0. The predicted octanol–water partition coefficient (Wildman–Crippen LogP) is 2.30. The number of H-pyrrole nitrogens is 1. The van der Waals surface area contributed by atoms with Gasteiger partial charge in [0.05, 0.1) is 13.7 Å². The summed E-state index contributed by atoms with van der Waals surface area (Å²) in [4.78, 5) is 25.9. The maximum Gasteiger partial charge on any atom is 0.355 e. The number of hydrogen-bond donors (Lipinski definition) is 1. The van der Waals surface area contributed by atoms with E-state index in [1.165, 1.54) is 7.11 Å². The standard InChI is InChI=1S/C14H21NO4/c1-5-19-14(17)13-9(2)11(10(3)15-13)7-6-8-12(16)18-4/h15H,5-8H2,1-4H3. The summed E-state index contributed by atoms with van der Waals surface area (Å²) in [5, 5.41) is 0. The third kappa shape index (κ3) is 3.84. The Morgan fingerprint density at radius 1 is 1.26 bits per heavy atom. The fourth-order valence-electron chi connectivity index (χ4n) is 2.08. The number of ether oxygens (including phenoxy) is 2. The molecule has 0 aliphatic heterocycles. The van der Waals surface area contributed by atoms with E-state index in [-0.39, 0.29) is 11.9 Å². The SMILES string of the molecule is CCOC(=O)c1[nH]c(C)c(CCCC(=O)OC)c1C. The van der Waals surface area contributed by atoms with Crippen LogP contribution >= 0.6 is 0 Å². The predicted molar refractivity (Wildman–Crippen MR) is 71.2 cm³/mol. The zero-order chi connectivity index (χ0) is 14.4. The lowest BCUT2D eigenvalue weighted by Crippen LogP contribution is -2.06. The highest BCUT2D eigenvalue weighted by molar-refractivity contribution is 5.89. The van der Waals surface area contributed by atoms with Crippen LogP contribution in [0.4, 0.5) is 0 Å². The van der Waals surface area contributed by atoms with Gasteiger partial charge in [-0.3, -0.25) is 4.79 Å². The van der Waals surface area contributed by atoms with Crippen LogP contribution in [0.5, 0.6) is 0 Å². The van der Waals surface area contributed by atoms with Gasteiger partial charge < -0.3 is 14.5 Å². The molecular weight excluding hydrogens is 246 g/mol. The van der Waals surface area contributed by atoms with Crippen molar-refractivity contribution in [3.63, 3.8) is 0 Å². The van der Waals surface area contributed by atoms with Gasteiger partial charge in [-0.05, 0) is 44.7 Å². The zero-order valence-corrected chi connectivity index (χ0v) is 12.0. The minimum absolute atomic E-state index is 0.212. The molecule has 1 aromatic heterocycles. The van der Waals surface area contributed by atoms with Gasteiger partial charge in [0.15, 0.2) is 0 Å². The zero-order valence-electron chi connectivity index (χ0n) is 12.0. The average molecular weight is 267 g/mol. The maximum absolute atomic E-state index is 11.7. The van der Waals surface area contributed by atoms with Crippen LogP contribution in [0.15, 0.2) is 0 Å². The molecule has 0 amide bonds. The highest BCUT2D eigenvalue weighted by atomic mass is 16.5. The molecule has 106 valence electrons. The first kappa shape index (κ1) is 15.3. The number of carbonyl (C=O) groups is 2. The molecule has 0 aliphatic carbocycles. The summed E-state index contributed by atoms with van der Waals surface area (Å²) < 4.78 is 9.60. The Balaban J connectivity index is 2.74. The number of aryl methyl sites for hydroxylation is 1. The molecule has 1 rings (SSSR count). The minimum atomic E-state index is -0.331. The van der Waals surface area contributed by atoms with Crippen molar-refractivity contribution < 1.29 is 19.1 Å². The fraction of sp³-hybridized carbons (Fsp3) is 0.571. The van der Waals surface area contributed by atoms with Crippen molar-refractivity contribution in [1.29, 1.82) is 0 Å². The van der Waals surface area contributed by atoms with E-state index in [2.05, 4.69) is 9.72 Å². The Hall–Kier alpha value is -1.78. The average Bonchev–Trinajstić information content (AvgIpc) is 2.66. The van der Waals surface area contributed by atoms with Gasteiger partial charge in [0.2, 0.25) is 0 Å². The first-order chi connectivity index (χ1) is 9.01. The Morgan fingerprint density at radius 3 is 2.53 bits per heavy atom. The number of rotatable bonds is 6. The number of methoxy groups -OCH3 is 1. The number of esters is 2.